The molecule has 0 saturated carbocycles. The molecule has 0 aliphatic carbocycles. The third kappa shape index (κ3) is 6.95. The zero-order valence-electron chi connectivity index (χ0n) is 15.9. The maximum Gasteiger partial charge on any atom is 0.387 e. The summed E-state index contributed by atoms with van der Waals surface area (Å²) in [7, 11) is 1.32. The van der Waals surface area contributed by atoms with Crippen LogP contribution in [0.4, 0.5) is 8.78 Å². The zero-order valence-corrected chi connectivity index (χ0v) is 15.9. The molecule has 2 rings (SSSR count). The molecule has 1 N–H and O–H groups in total. The van der Waals surface area contributed by atoms with E-state index < -0.39 is 25.1 Å². The fourth-order valence-corrected chi connectivity index (χ4v) is 2.34. The minimum Gasteiger partial charge on any atom is -0.494 e. The van der Waals surface area contributed by atoms with Crippen LogP contribution in [0.2, 0.25) is 0 Å². The molecule has 0 atom stereocenters. The summed E-state index contributed by atoms with van der Waals surface area (Å²) in [5.41, 5.74) is 0.885. The molecule has 0 aliphatic heterocycles. The number of benzene rings is 2. The van der Waals surface area contributed by atoms with Crippen molar-refractivity contribution in [2.45, 2.75) is 20.1 Å². The second-order valence-electron chi connectivity index (χ2n) is 5.67. The lowest BCUT2D eigenvalue weighted by Crippen LogP contribution is -2.28. The van der Waals surface area contributed by atoms with Crippen LogP contribution in [0.5, 0.6) is 17.2 Å². The molecule has 0 saturated heterocycles. The molecule has 156 valence electrons. The van der Waals surface area contributed by atoms with Gasteiger partial charge in [0.25, 0.3) is 5.91 Å². The molecule has 29 heavy (non-hydrogen) atoms. The van der Waals surface area contributed by atoms with Crippen molar-refractivity contribution in [1.29, 1.82) is 0 Å². The van der Waals surface area contributed by atoms with Crippen LogP contribution in [-0.2, 0) is 16.1 Å². The molecular formula is C20H21F2NO6. The quantitative estimate of drug-likeness (QED) is 0.607. The number of methoxy groups -OCH3 is 1. The molecule has 2 aromatic rings. The van der Waals surface area contributed by atoms with Crippen LogP contribution in [0.15, 0.2) is 42.5 Å². The van der Waals surface area contributed by atoms with Crippen molar-refractivity contribution in [2.24, 2.45) is 0 Å². The fraction of sp³-hybridized carbons (Fsp3) is 0.300. The number of rotatable bonds is 10. The molecule has 0 spiro atoms. The SMILES string of the molecule is CCOc1ccc(C(=O)OCC(=O)NCc2ccc(OC(F)F)c(OC)c2)cc1. The fourth-order valence-electron chi connectivity index (χ4n) is 2.34. The Kier molecular flexibility index (Phi) is 8.20. The highest BCUT2D eigenvalue weighted by molar-refractivity contribution is 5.91. The number of esters is 1. The van der Waals surface area contributed by atoms with Gasteiger partial charge in [-0.15, -0.1) is 0 Å². The van der Waals surface area contributed by atoms with E-state index in [1.807, 2.05) is 6.92 Å². The third-order valence-corrected chi connectivity index (χ3v) is 3.67. The van der Waals surface area contributed by atoms with Crippen LogP contribution in [0, 0.1) is 0 Å². The van der Waals surface area contributed by atoms with Gasteiger partial charge in [0.05, 0.1) is 19.3 Å². The molecular weight excluding hydrogens is 388 g/mol. The summed E-state index contributed by atoms with van der Waals surface area (Å²) in [4.78, 5) is 23.9. The summed E-state index contributed by atoms with van der Waals surface area (Å²) in [6, 6.07) is 10.6. The summed E-state index contributed by atoms with van der Waals surface area (Å²) in [5.74, 6) is -0.530. The standard InChI is InChI=1S/C20H21F2NO6/c1-3-27-15-7-5-14(6-8-15)19(25)28-12-18(24)23-11-13-4-9-16(29-20(21)22)17(10-13)26-2/h4-10,20H,3,11-12H2,1-2H3,(H,23,24). The normalized spacial score (nSPS) is 10.4. The molecule has 1 amide bonds. The predicted octanol–water partition coefficient (Wildman–Crippen LogP) is 3.17. The Morgan fingerprint density at radius 3 is 2.41 bits per heavy atom. The van der Waals surface area contributed by atoms with Crippen molar-refractivity contribution in [3.8, 4) is 17.2 Å². The van der Waals surface area contributed by atoms with E-state index in [0.29, 0.717) is 23.5 Å². The molecule has 2 aromatic carbocycles. The Morgan fingerprint density at radius 2 is 1.79 bits per heavy atom. The van der Waals surface area contributed by atoms with E-state index in [1.54, 1.807) is 24.3 Å². The first kappa shape index (κ1) is 21.9. The first-order chi connectivity index (χ1) is 13.9. The molecule has 0 radical (unpaired) electrons. The Labute approximate surface area is 166 Å². The lowest BCUT2D eigenvalue weighted by atomic mass is 10.2. The Morgan fingerprint density at radius 1 is 1.07 bits per heavy atom. The Bertz CT molecular complexity index is 826. The van der Waals surface area contributed by atoms with E-state index in [1.165, 1.54) is 25.3 Å². The van der Waals surface area contributed by atoms with E-state index in [0.717, 1.165) is 0 Å². The lowest BCUT2D eigenvalue weighted by molar-refractivity contribution is -0.124. The highest BCUT2D eigenvalue weighted by atomic mass is 19.3. The number of amides is 1. The molecule has 9 heteroatoms. The number of hydrogen-bond acceptors (Lipinski definition) is 6. The Balaban J connectivity index is 1.82. The third-order valence-electron chi connectivity index (χ3n) is 3.67. The van der Waals surface area contributed by atoms with Gasteiger partial charge in [-0.3, -0.25) is 4.79 Å². The molecule has 0 aliphatic rings. The van der Waals surface area contributed by atoms with Crippen molar-refractivity contribution in [1.82, 2.24) is 5.32 Å². The summed E-state index contributed by atoms with van der Waals surface area (Å²) >= 11 is 0. The summed E-state index contributed by atoms with van der Waals surface area (Å²) in [6.07, 6.45) is 0. The van der Waals surface area contributed by atoms with Gasteiger partial charge in [-0.1, -0.05) is 6.07 Å². The maximum atomic E-state index is 12.3. The van der Waals surface area contributed by atoms with Crippen molar-refractivity contribution in [3.63, 3.8) is 0 Å². The van der Waals surface area contributed by atoms with Gasteiger partial charge in [-0.25, -0.2) is 4.79 Å². The minimum atomic E-state index is -2.97. The van der Waals surface area contributed by atoms with E-state index >= 15 is 0 Å². The largest absolute Gasteiger partial charge is 0.494 e. The van der Waals surface area contributed by atoms with Crippen molar-refractivity contribution >= 4 is 11.9 Å². The van der Waals surface area contributed by atoms with E-state index in [4.69, 9.17) is 14.2 Å². The number of carbonyl (C=O) groups excluding carboxylic acids is 2. The number of ether oxygens (including phenoxy) is 4. The average Bonchev–Trinajstić information content (AvgIpc) is 2.71. The van der Waals surface area contributed by atoms with E-state index in [2.05, 4.69) is 10.1 Å². The number of hydrogen-bond donors (Lipinski definition) is 1. The highest BCUT2D eigenvalue weighted by Crippen LogP contribution is 2.29. The highest BCUT2D eigenvalue weighted by Gasteiger charge is 2.13. The van der Waals surface area contributed by atoms with Gasteiger partial charge < -0.3 is 24.3 Å². The predicted molar refractivity (Wildman–Crippen MR) is 99.4 cm³/mol. The monoisotopic (exact) mass is 409 g/mol. The second-order valence-corrected chi connectivity index (χ2v) is 5.67. The summed E-state index contributed by atoms with van der Waals surface area (Å²) in [5, 5.41) is 2.56. The van der Waals surface area contributed by atoms with Crippen LogP contribution in [0.1, 0.15) is 22.8 Å². The molecule has 0 unspecified atom stereocenters. The number of nitrogens with one attached hydrogen (secondary N) is 1. The van der Waals surface area contributed by atoms with Crippen LogP contribution >= 0.6 is 0 Å². The smallest absolute Gasteiger partial charge is 0.387 e. The zero-order chi connectivity index (χ0) is 21.2. The topological polar surface area (TPSA) is 83.1 Å². The van der Waals surface area contributed by atoms with Crippen molar-refractivity contribution in [3.05, 3.63) is 53.6 Å². The number of carbonyl (C=O) groups is 2. The first-order valence-corrected chi connectivity index (χ1v) is 8.71. The van der Waals surface area contributed by atoms with Crippen molar-refractivity contribution in [2.75, 3.05) is 20.3 Å². The van der Waals surface area contributed by atoms with Gasteiger partial charge in [-0.2, -0.15) is 8.78 Å². The van der Waals surface area contributed by atoms with Gasteiger partial charge in [0.15, 0.2) is 18.1 Å². The minimum absolute atomic E-state index is 0.0881. The van der Waals surface area contributed by atoms with Crippen LogP contribution < -0.4 is 19.5 Å². The van der Waals surface area contributed by atoms with Gasteiger partial charge in [0.1, 0.15) is 5.75 Å². The van der Waals surface area contributed by atoms with Gasteiger partial charge in [0, 0.05) is 6.54 Å². The first-order valence-electron chi connectivity index (χ1n) is 8.71. The average molecular weight is 409 g/mol. The Hall–Kier alpha value is -3.36. The molecule has 0 heterocycles. The molecule has 0 bridgehead atoms. The van der Waals surface area contributed by atoms with E-state index in [-0.39, 0.29) is 18.0 Å². The summed E-state index contributed by atoms with van der Waals surface area (Å²) < 4.78 is 44.3. The molecule has 0 fully saturated rings. The molecule has 0 aromatic heterocycles. The molecule has 7 nitrogen and oxygen atoms in total. The van der Waals surface area contributed by atoms with Gasteiger partial charge in [-0.05, 0) is 48.9 Å². The lowest BCUT2D eigenvalue weighted by Gasteiger charge is -2.12. The van der Waals surface area contributed by atoms with Crippen molar-refractivity contribution < 1.29 is 37.3 Å². The van der Waals surface area contributed by atoms with Gasteiger partial charge >= 0.3 is 12.6 Å². The van der Waals surface area contributed by atoms with Crippen LogP contribution in [0.3, 0.4) is 0 Å². The van der Waals surface area contributed by atoms with Crippen LogP contribution in [-0.4, -0.2) is 38.8 Å². The van der Waals surface area contributed by atoms with Gasteiger partial charge in [0.2, 0.25) is 0 Å². The van der Waals surface area contributed by atoms with E-state index in [9.17, 15) is 18.4 Å². The number of halogens is 2. The maximum absolute atomic E-state index is 12.3. The second kappa shape index (κ2) is 10.8. The number of alkyl halides is 2. The van der Waals surface area contributed by atoms with Crippen LogP contribution in [0.25, 0.3) is 0 Å². The summed E-state index contributed by atoms with van der Waals surface area (Å²) in [6.45, 7) is -0.986.